The van der Waals surface area contributed by atoms with Crippen LogP contribution in [-0.2, 0) is 16.2 Å². The van der Waals surface area contributed by atoms with Crippen LogP contribution < -0.4 is 10.1 Å². The Labute approximate surface area is 127 Å². The largest absolute Gasteiger partial charge is 0.497 e. The second-order valence-corrected chi connectivity index (χ2v) is 4.92. The van der Waals surface area contributed by atoms with E-state index >= 15 is 0 Å². The quantitative estimate of drug-likeness (QED) is 0.917. The van der Waals surface area contributed by atoms with Gasteiger partial charge in [-0.25, -0.2) is 0 Å². The van der Waals surface area contributed by atoms with Gasteiger partial charge in [0.15, 0.2) is 0 Å². The third-order valence-electron chi connectivity index (χ3n) is 3.41. The highest BCUT2D eigenvalue weighted by Gasteiger charge is 2.28. The maximum atomic E-state index is 12.1. The Balaban J connectivity index is 1.57. The Morgan fingerprint density at radius 3 is 3.14 bits per heavy atom. The van der Waals surface area contributed by atoms with Gasteiger partial charge in [-0.15, -0.1) is 0 Å². The molecule has 1 atom stereocenters. The summed E-state index contributed by atoms with van der Waals surface area (Å²) >= 11 is 0. The lowest BCUT2D eigenvalue weighted by Gasteiger charge is -2.08. The fraction of sp³-hybridized carbons (Fsp3) is 0.250. The van der Waals surface area contributed by atoms with Crippen molar-refractivity contribution in [3.05, 3.63) is 54.0 Å². The lowest BCUT2D eigenvalue weighted by molar-refractivity contribution is -0.131. The lowest BCUT2D eigenvalue weighted by atomic mass is 10.0. The number of furan rings is 1. The molecule has 1 aromatic heterocycles. The van der Waals surface area contributed by atoms with Crippen LogP contribution >= 0.6 is 0 Å². The first-order valence-electron chi connectivity index (χ1n) is 6.92. The average molecular weight is 300 g/mol. The minimum Gasteiger partial charge on any atom is -0.497 e. The summed E-state index contributed by atoms with van der Waals surface area (Å²) in [5, 5.41) is 6.81. The van der Waals surface area contributed by atoms with Crippen LogP contribution in [-0.4, -0.2) is 24.8 Å². The molecule has 1 amide bonds. The van der Waals surface area contributed by atoms with E-state index in [2.05, 4.69) is 10.5 Å². The number of oxime groups is 1. The van der Waals surface area contributed by atoms with Gasteiger partial charge in [-0.2, -0.15) is 0 Å². The number of benzene rings is 1. The van der Waals surface area contributed by atoms with Gasteiger partial charge in [-0.05, 0) is 18.2 Å². The molecule has 22 heavy (non-hydrogen) atoms. The highest BCUT2D eigenvalue weighted by Crippen LogP contribution is 2.20. The molecule has 0 radical (unpaired) electrons. The topological polar surface area (TPSA) is 73.1 Å². The van der Waals surface area contributed by atoms with Gasteiger partial charge >= 0.3 is 0 Å². The molecule has 114 valence electrons. The minimum absolute atomic E-state index is 0.192. The number of amides is 1. The van der Waals surface area contributed by atoms with Crippen molar-refractivity contribution in [1.82, 2.24) is 5.32 Å². The Morgan fingerprint density at radius 2 is 2.36 bits per heavy atom. The molecule has 1 N–H and O–H groups in total. The zero-order valence-corrected chi connectivity index (χ0v) is 12.1. The first kappa shape index (κ1) is 14.2. The number of carbonyl (C=O) groups is 1. The van der Waals surface area contributed by atoms with Gasteiger partial charge in [-0.3, -0.25) is 4.79 Å². The molecule has 6 nitrogen and oxygen atoms in total. The molecule has 1 aromatic carbocycles. The van der Waals surface area contributed by atoms with Crippen molar-refractivity contribution >= 4 is 11.6 Å². The molecular formula is C16H16N2O4. The van der Waals surface area contributed by atoms with E-state index in [-0.39, 0.29) is 5.91 Å². The van der Waals surface area contributed by atoms with E-state index in [1.165, 1.54) is 0 Å². The number of ether oxygens (including phenoxy) is 1. The van der Waals surface area contributed by atoms with Gasteiger partial charge in [0.2, 0.25) is 6.10 Å². The standard InChI is InChI=1S/C16H16N2O4/c1-20-13-4-2-3-12(7-13)14-8-15(22-18-14)16(19)17-9-11-5-6-21-10-11/h2-7,10,15H,8-9H2,1H3,(H,17,19)/t15-/m1/s1. The number of nitrogens with one attached hydrogen (secondary N) is 1. The Kier molecular flexibility index (Phi) is 4.09. The summed E-state index contributed by atoms with van der Waals surface area (Å²) in [4.78, 5) is 17.3. The first-order valence-corrected chi connectivity index (χ1v) is 6.92. The van der Waals surface area contributed by atoms with Gasteiger partial charge < -0.3 is 19.3 Å². The zero-order chi connectivity index (χ0) is 15.4. The normalized spacial score (nSPS) is 16.8. The summed E-state index contributed by atoms with van der Waals surface area (Å²) in [5.74, 6) is 0.552. The predicted octanol–water partition coefficient (Wildman–Crippen LogP) is 2.10. The van der Waals surface area contributed by atoms with Crippen molar-refractivity contribution in [1.29, 1.82) is 0 Å². The first-order chi connectivity index (χ1) is 10.8. The smallest absolute Gasteiger partial charge is 0.264 e. The van der Waals surface area contributed by atoms with Crippen LogP contribution in [0.4, 0.5) is 0 Å². The maximum Gasteiger partial charge on any atom is 0.264 e. The summed E-state index contributed by atoms with van der Waals surface area (Å²) in [6, 6.07) is 9.32. The van der Waals surface area contributed by atoms with Crippen LogP contribution in [0.3, 0.4) is 0 Å². The summed E-state index contributed by atoms with van der Waals surface area (Å²) in [6.45, 7) is 0.406. The third-order valence-corrected chi connectivity index (χ3v) is 3.41. The molecular weight excluding hydrogens is 284 g/mol. The second kappa shape index (κ2) is 6.34. The fourth-order valence-corrected chi connectivity index (χ4v) is 2.19. The molecule has 1 aliphatic heterocycles. The van der Waals surface area contributed by atoms with Crippen LogP contribution in [0, 0.1) is 0 Å². The molecule has 3 rings (SSSR count). The molecule has 2 heterocycles. The fourth-order valence-electron chi connectivity index (χ4n) is 2.19. The van der Waals surface area contributed by atoms with Crippen LogP contribution in [0.25, 0.3) is 0 Å². The second-order valence-electron chi connectivity index (χ2n) is 4.92. The molecule has 0 aliphatic carbocycles. The Bertz CT molecular complexity index is 679. The number of hydrogen-bond acceptors (Lipinski definition) is 5. The van der Waals surface area contributed by atoms with Crippen LogP contribution in [0.5, 0.6) is 5.75 Å². The molecule has 2 aromatic rings. The summed E-state index contributed by atoms with van der Waals surface area (Å²) in [5.41, 5.74) is 2.53. The molecule has 0 bridgehead atoms. The van der Waals surface area contributed by atoms with E-state index in [9.17, 15) is 4.79 Å². The molecule has 0 unspecified atom stereocenters. The Hall–Kier alpha value is -2.76. The van der Waals surface area contributed by atoms with E-state index in [4.69, 9.17) is 14.0 Å². The average Bonchev–Trinajstić information content (AvgIpc) is 3.24. The molecule has 1 aliphatic rings. The van der Waals surface area contributed by atoms with E-state index in [0.717, 1.165) is 22.6 Å². The van der Waals surface area contributed by atoms with Crippen molar-refractivity contribution in [2.24, 2.45) is 5.16 Å². The number of nitrogens with zero attached hydrogens (tertiary/aromatic N) is 1. The minimum atomic E-state index is -0.604. The molecule has 0 saturated heterocycles. The highest BCUT2D eigenvalue weighted by atomic mass is 16.6. The SMILES string of the molecule is COc1cccc(C2=NO[C@@H](C(=O)NCc3ccoc3)C2)c1. The number of carbonyl (C=O) groups excluding carboxylic acids is 1. The predicted molar refractivity (Wildman–Crippen MR) is 79.6 cm³/mol. The third kappa shape index (κ3) is 3.11. The summed E-state index contributed by atoms with van der Waals surface area (Å²) < 4.78 is 10.1. The van der Waals surface area contributed by atoms with Gasteiger partial charge in [0, 0.05) is 24.1 Å². The van der Waals surface area contributed by atoms with Crippen molar-refractivity contribution in [2.45, 2.75) is 19.1 Å². The lowest BCUT2D eigenvalue weighted by Crippen LogP contribution is -2.34. The van der Waals surface area contributed by atoms with Crippen molar-refractivity contribution in [3.8, 4) is 5.75 Å². The van der Waals surface area contributed by atoms with E-state index in [1.807, 2.05) is 24.3 Å². The molecule has 0 fully saturated rings. The molecule has 6 heteroatoms. The van der Waals surface area contributed by atoms with Crippen molar-refractivity contribution in [2.75, 3.05) is 7.11 Å². The molecule has 0 spiro atoms. The van der Waals surface area contributed by atoms with Crippen molar-refractivity contribution in [3.63, 3.8) is 0 Å². The zero-order valence-electron chi connectivity index (χ0n) is 12.1. The molecule has 0 saturated carbocycles. The Morgan fingerprint density at radius 1 is 1.45 bits per heavy atom. The number of methoxy groups -OCH3 is 1. The van der Waals surface area contributed by atoms with E-state index in [0.29, 0.717) is 13.0 Å². The van der Waals surface area contributed by atoms with E-state index in [1.54, 1.807) is 25.7 Å². The van der Waals surface area contributed by atoms with Gasteiger partial charge in [0.25, 0.3) is 5.91 Å². The maximum absolute atomic E-state index is 12.1. The van der Waals surface area contributed by atoms with Gasteiger partial charge in [0.1, 0.15) is 5.75 Å². The monoisotopic (exact) mass is 300 g/mol. The van der Waals surface area contributed by atoms with Gasteiger partial charge in [-0.1, -0.05) is 17.3 Å². The summed E-state index contributed by atoms with van der Waals surface area (Å²) in [7, 11) is 1.61. The van der Waals surface area contributed by atoms with Gasteiger partial charge in [0.05, 0.1) is 25.3 Å². The highest BCUT2D eigenvalue weighted by molar-refractivity contribution is 6.04. The number of hydrogen-bond donors (Lipinski definition) is 1. The van der Waals surface area contributed by atoms with Crippen LogP contribution in [0.2, 0.25) is 0 Å². The number of rotatable bonds is 5. The van der Waals surface area contributed by atoms with Crippen LogP contribution in [0.15, 0.2) is 52.4 Å². The van der Waals surface area contributed by atoms with Crippen molar-refractivity contribution < 1.29 is 18.8 Å². The van der Waals surface area contributed by atoms with E-state index < -0.39 is 6.10 Å². The summed E-state index contributed by atoms with van der Waals surface area (Å²) in [6.07, 6.45) is 2.99. The van der Waals surface area contributed by atoms with Crippen LogP contribution in [0.1, 0.15) is 17.5 Å².